The SMILES string of the molecule is Cc1cc(C)c(N=C2C(=O)c3ccccc3-c3ccccc32)c(C)c1. The second-order valence-electron chi connectivity index (χ2n) is 6.63. The van der Waals surface area contributed by atoms with Gasteiger partial charge in [0.25, 0.3) is 0 Å². The molecule has 0 saturated carbocycles. The molecule has 0 spiro atoms. The molecule has 1 aliphatic rings. The van der Waals surface area contributed by atoms with Crippen molar-refractivity contribution in [2.24, 2.45) is 4.99 Å². The van der Waals surface area contributed by atoms with E-state index in [9.17, 15) is 4.79 Å². The van der Waals surface area contributed by atoms with Crippen LogP contribution in [0.2, 0.25) is 0 Å². The van der Waals surface area contributed by atoms with Crippen LogP contribution in [0.15, 0.2) is 65.7 Å². The summed E-state index contributed by atoms with van der Waals surface area (Å²) in [5, 5.41) is 0. The Bertz CT molecular complexity index is 1020. The van der Waals surface area contributed by atoms with Gasteiger partial charge in [-0.25, -0.2) is 4.99 Å². The van der Waals surface area contributed by atoms with Crippen LogP contribution in [0.1, 0.15) is 32.6 Å². The molecule has 25 heavy (non-hydrogen) atoms. The predicted molar refractivity (Wildman–Crippen MR) is 103 cm³/mol. The van der Waals surface area contributed by atoms with Gasteiger partial charge in [-0.15, -0.1) is 0 Å². The maximum Gasteiger partial charge on any atom is 0.212 e. The van der Waals surface area contributed by atoms with Crippen molar-refractivity contribution < 1.29 is 4.79 Å². The lowest BCUT2D eigenvalue weighted by Gasteiger charge is -2.21. The number of hydrogen-bond acceptors (Lipinski definition) is 2. The third-order valence-electron chi connectivity index (χ3n) is 4.72. The van der Waals surface area contributed by atoms with E-state index in [1.54, 1.807) is 0 Å². The van der Waals surface area contributed by atoms with Crippen LogP contribution in [0.5, 0.6) is 0 Å². The predicted octanol–water partition coefficient (Wildman–Crippen LogP) is 5.60. The highest BCUT2D eigenvalue weighted by Gasteiger charge is 2.28. The monoisotopic (exact) mass is 325 g/mol. The summed E-state index contributed by atoms with van der Waals surface area (Å²) >= 11 is 0. The number of carbonyl (C=O) groups is 1. The Kier molecular flexibility index (Phi) is 3.61. The molecule has 0 bridgehead atoms. The first-order valence-electron chi connectivity index (χ1n) is 8.46. The molecule has 3 aromatic carbocycles. The van der Waals surface area contributed by atoms with Crippen LogP contribution >= 0.6 is 0 Å². The molecule has 2 heteroatoms. The lowest BCUT2D eigenvalue weighted by molar-refractivity contribution is 0.106. The maximum absolute atomic E-state index is 13.1. The van der Waals surface area contributed by atoms with Crippen molar-refractivity contribution in [1.29, 1.82) is 0 Å². The van der Waals surface area contributed by atoms with E-state index >= 15 is 0 Å². The first-order valence-corrected chi connectivity index (χ1v) is 8.46. The number of aryl methyl sites for hydroxylation is 3. The Labute approximate surface area is 147 Å². The lowest BCUT2D eigenvalue weighted by Crippen LogP contribution is -2.22. The minimum Gasteiger partial charge on any atom is -0.287 e. The van der Waals surface area contributed by atoms with Crippen LogP contribution in [0.4, 0.5) is 5.69 Å². The molecule has 2 nitrogen and oxygen atoms in total. The van der Waals surface area contributed by atoms with Gasteiger partial charge in [-0.1, -0.05) is 66.2 Å². The van der Waals surface area contributed by atoms with E-state index in [0.29, 0.717) is 5.71 Å². The number of hydrogen-bond donors (Lipinski definition) is 0. The largest absolute Gasteiger partial charge is 0.287 e. The van der Waals surface area contributed by atoms with Crippen LogP contribution in [0, 0.1) is 20.8 Å². The molecule has 4 rings (SSSR count). The Morgan fingerprint density at radius 1 is 0.680 bits per heavy atom. The molecule has 0 unspecified atom stereocenters. The summed E-state index contributed by atoms with van der Waals surface area (Å²) in [6.07, 6.45) is 0. The van der Waals surface area contributed by atoms with Crippen molar-refractivity contribution in [2.75, 3.05) is 0 Å². The summed E-state index contributed by atoms with van der Waals surface area (Å²) in [5.41, 5.74) is 8.50. The van der Waals surface area contributed by atoms with Crippen LogP contribution in [-0.2, 0) is 0 Å². The summed E-state index contributed by atoms with van der Waals surface area (Å²) in [4.78, 5) is 18.0. The van der Waals surface area contributed by atoms with Gasteiger partial charge in [-0.3, -0.25) is 4.79 Å². The average molecular weight is 325 g/mol. The van der Waals surface area contributed by atoms with Crippen molar-refractivity contribution in [3.05, 3.63) is 88.5 Å². The molecule has 0 aromatic heterocycles. The molecular formula is C23H19NO. The second kappa shape index (κ2) is 5.82. The molecule has 1 aliphatic carbocycles. The van der Waals surface area contributed by atoms with Gasteiger partial charge in [-0.05, 0) is 43.0 Å². The van der Waals surface area contributed by atoms with E-state index in [4.69, 9.17) is 4.99 Å². The topological polar surface area (TPSA) is 29.4 Å². The Morgan fingerprint density at radius 2 is 1.16 bits per heavy atom. The van der Waals surface area contributed by atoms with Crippen molar-refractivity contribution in [3.8, 4) is 11.1 Å². The van der Waals surface area contributed by atoms with Crippen LogP contribution in [0.25, 0.3) is 11.1 Å². The molecule has 0 fully saturated rings. The van der Waals surface area contributed by atoms with E-state index < -0.39 is 0 Å². The number of benzene rings is 3. The second-order valence-corrected chi connectivity index (χ2v) is 6.63. The van der Waals surface area contributed by atoms with E-state index in [1.807, 2.05) is 56.3 Å². The molecule has 0 amide bonds. The Balaban J connectivity index is 1.99. The highest BCUT2D eigenvalue weighted by molar-refractivity contribution is 6.55. The average Bonchev–Trinajstić information content (AvgIpc) is 2.60. The summed E-state index contributed by atoms with van der Waals surface area (Å²) in [6, 6.07) is 20.0. The smallest absolute Gasteiger partial charge is 0.212 e. The van der Waals surface area contributed by atoms with Crippen molar-refractivity contribution >= 4 is 17.2 Å². The molecule has 0 aliphatic heterocycles. The summed E-state index contributed by atoms with van der Waals surface area (Å²) < 4.78 is 0. The fraction of sp³-hybridized carbons (Fsp3) is 0.130. The van der Waals surface area contributed by atoms with Crippen molar-refractivity contribution in [3.63, 3.8) is 0 Å². The zero-order chi connectivity index (χ0) is 17.6. The highest BCUT2D eigenvalue weighted by Crippen LogP contribution is 2.35. The van der Waals surface area contributed by atoms with Gasteiger partial charge in [0.05, 0.1) is 5.69 Å². The van der Waals surface area contributed by atoms with Gasteiger partial charge < -0.3 is 0 Å². The normalized spacial score (nSPS) is 14.4. The summed E-state index contributed by atoms with van der Waals surface area (Å²) in [7, 11) is 0. The quantitative estimate of drug-likeness (QED) is 0.573. The van der Waals surface area contributed by atoms with E-state index in [0.717, 1.165) is 39.1 Å². The zero-order valence-electron chi connectivity index (χ0n) is 14.6. The third-order valence-corrected chi connectivity index (χ3v) is 4.72. The molecular weight excluding hydrogens is 306 g/mol. The molecule has 122 valence electrons. The van der Waals surface area contributed by atoms with Gasteiger partial charge in [0.2, 0.25) is 5.78 Å². The minimum absolute atomic E-state index is 0.00586. The maximum atomic E-state index is 13.1. The number of nitrogens with zero attached hydrogens (tertiary/aromatic N) is 1. The number of fused-ring (bicyclic) bond motifs is 3. The number of Topliss-reactive ketones (excluding diaryl/α,β-unsaturated/α-hetero) is 1. The van der Waals surface area contributed by atoms with E-state index in [-0.39, 0.29) is 5.78 Å². The molecule has 0 atom stereocenters. The van der Waals surface area contributed by atoms with Gasteiger partial charge in [-0.2, -0.15) is 0 Å². The first-order chi connectivity index (χ1) is 12.1. The number of aliphatic imine (C=N–C) groups is 1. The first kappa shape index (κ1) is 15.5. The van der Waals surface area contributed by atoms with Crippen LogP contribution in [-0.4, -0.2) is 11.5 Å². The Hall–Kier alpha value is -3.00. The molecule has 0 N–H and O–H groups in total. The van der Waals surface area contributed by atoms with Crippen molar-refractivity contribution in [1.82, 2.24) is 0 Å². The molecule has 0 saturated heterocycles. The third kappa shape index (κ3) is 2.51. The van der Waals surface area contributed by atoms with Crippen LogP contribution < -0.4 is 0 Å². The molecule has 0 heterocycles. The fourth-order valence-electron chi connectivity index (χ4n) is 3.66. The number of rotatable bonds is 1. The van der Waals surface area contributed by atoms with E-state index in [2.05, 4.69) is 25.1 Å². The van der Waals surface area contributed by atoms with Gasteiger partial charge in [0.1, 0.15) is 5.71 Å². The molecule has 0 radical (unpaired) electrons. The fourth-order valence-corrected chi connectivity index (χ4v) is 3.66. The van der Waals surface area contributed by atoms with E-state index in [1.165, 1.54) is 5.56 Å². The minimum atomic E-state index is -0.00586. The lowest BCUT2D eigenvalue weighted by atomic mass is 9.83. The standard InChI is InChI=1S/C23H19NO/c1-14-12-15(2)21(16(3)13-14)24-22-19-10-6-4-8-17(19)18-9-5-7-11-20(18)23(22)25/h4-13H,1-3H3. The van der Waals surface area contributed by atoms with Gasteiger partial charge in [0.15, 0.2) is 0 Å². The Morgan fingerprint density at radius 3 is 1.76 bits per heavy atom. The summed E-state index contributed by atoms with van der Waals surface area (Å²) in [5.74, 6) is -0.00586. The zero-order valence-corrected chi connectivity index (χ0v) is 14.6. The van der Waals surface area contributed by atoms with Gasteiger partial charge in [0, 0.05) is 11.1 Å². The highest BCUT2D eigenvalue weighted by atomic mass is 16.1. The summed E-state index contributed by atoms with van der Waals surface area (Å²) in [6.45, 7) is 6.17. The van der Waals surface area contributed by atoms with Crippen molar-refractivity contribution in [2.45, 2.75) is 20.8 Å². The molecule has 3 aromatic rings. The van der Waals surface area contributed by atoms with Crippen LogP contribution in [0.3, 0.4) is 0 Å². The van der Waals surface area contributed by atoms with Gasteiger partial charge >= 0.3 is 0 Å². The number of carbonyl (C=O) groups excluding carboxylic acids is 1. The number of ketones is 1.